The van der Waals surface area contributed by atoms with Gasteiger partial charge < -0.3 is 15.2 Å². The number of aliphatic hydroxyl groups excluding tert-OH is 1. The molecule has 5 nitrogen and oxygen atoms in total. The van der Waals surface area contributed by atoms with Crippen LogP contribution in [0.3, 0.4) is 0 Å². The lowest BCUT2D eigenvalue weighted by molar-refractivity contribution is -0.114. The maximum atomic E-state index is 13.6. The molecule has 1 aromatic carbocycles. The van der Waals surface area contributed by atoms with Crippen LogP contribution in [-0.4, -0.2) is 29.2 Å². The first-order valence-electron chi connectivity index (χ1n) is 13.2. The Morgan fingerprint density at radius 2 is 1.83 bits per heavy atom. The van der Waals surface area contributed by atoms with Gasteiger partial charge in [-0.3, -0.25) is 4.79 Å². The summed E-state index contributed by atoms with van der Waals surface area (Å²) in [5, 5.41) is 14.5. The summed E-state index contributed by atoms with van der Waals surface area (Å²) in [7, 11) is 0. The molecule has 0 aliphatic heterocycles. The second-order valence-corrected chi connectivity index (χ2v) is 12.3. The van der Waals surface area contributed by atoms with Crippen LogP contribution in [-0.2, 0) is 9.53 Å². The van der Waals surface area contributed by atoms with Crippen molar-refractivity contribution in [2.24, 2.45) is 40.4 Å². The third-order valence-electron chi connectivity index (χ3n) is 9.97. The average Bonchev–Trinajstić information content (AvgIpc) is 3.23. The third kappa shape index (κ3) is 3.38. The zero-order chi connectivity index (χ0) is 26.3. The van der Waals surface area contributed by atoms with Gasteiger partial charge in [0.1, 0.15) is 6.10 Å². The molecule has 2 N–H and O–H groups in total. The van der Waals surface area contributed by atoms with Crippen molar-refractivity contribution in [2.45, 2.75) is 67.1 Å². The lowest BCUT2D eigenvalue weighted by Crippen LogP contribution is -2.46. The number of carbonyl (C=O) groups is 2. The van der Waals surface area contributed by atoms with Crippen molar-refractivity contribution in [1.29, 1.82) is 0 Å². The molecule has 0 aromatic heterocycles. The number of ether oxygens (including phenoxy) is 1. The van der Waals surface area contributed by atoms with Crippen LogP contribution < -0.4 is 5.32 Å². The van der Waals surface area contributed by atoms with Gasteiger partial charge in [-0.2, -0.15) is 0 Å². The quantitative estimate of drug-likeness (QED) is 0.413. The minimum atomic E-state index is -0.745. The van der Waals surface area contributed by atoms with Gasteiger partial charge in [-0.1, -0.05) is 57.2 Å². The van der Waals surface area contributed by atoms with Gasteiger partial charge in [0.25, 0.3) is 0 Å². The summed E-state index contributed by atoms with van der Waals surface area (Å²) in [6, 6.07) is 5.35. The van der Waals surface area contributed by atoms with E-state index in [9.17, 15) is 14.7 Å². The van der Waals surface area contributed by atoms with Gasteiger partial charge in [-0.05, 0) is 73.1 Å². The predicted octanol–water partition coefficient (Wildman–Crippen LogP) is 5.85. The Bertz CT molecular complexity index is 1220. The topological polar surface area (TPSA) is 75.6 Å². The number of amides is 1. The molecule has 5 heteroatoms. The first kappa shape index (κ1) is 25.0. The fourth-order valence-electron chi connectivity index (χ4n) is 8.08. The monoisotopic (exact) mass is 489 g/mol. The van der Waals surface area contributed by atoms with Gasteiger partial charge in [-0.25, -0.2) is 4.79 Å². The molecule has 2 fully saturated rings. The summed E-state index contributed by atoms with van der Waals surface area (Å²) in [4.78, 5) is 25.4. The number of carbonyl (C=O) groups excluding carboxylic acids is 2. The number of benzene rings is 1. The molecule has 36 heavy (non-hydrogen) atoms. The molecule has 5 rings (SSSR count). The van der Waals surface area contributed by atoms with Gasteiger partial charge >= 0.3 is 5.97 Å². The Hall–Kier alpha value is -2.66. The standard InChI is InChI=1S/C31H39NO4/c1-15-10-9-11-23(32-20(6)33)24(15)29(35)36-28-17(3)14-31-18(4)13-22-25(30(22,7)8)21(19(31)5)12-16(2)27(34)26(28)31/h9-12,14,18,21-22,25-28,34H,5,13H2,1-4,6-8H3,(H,32,33)/t18-,21?,22-,25+,26?,27?,28?,31?/m1/s1. The number of esters is 1. The van der Waals surface area contributed by atoms with Crippen LogP contribution in [0, 0.1) is 47.3 Å². The second-order valence-electron chi connectivity index (χ2n) is 12.3. The number of aryl methyl sites for hydroxylation is 1. The van der Waals surface area contributed by atoms with Crippen molar-refractivity contribution >= 4 is 17.6 Å². The highest BCUT2D eigenvalue weighted by molar-refractivity contribution is 6.02. The molecule has 1 aromatic rings. The van der Waals surface area contributed by atoms with Crippen LogP contribution in [0.1, 0.15) is 63.9 Å². The Morgan fingerprint density at radius 3 is 2.50 bits per heavy atom. The summed E-state index contributed by atoms with van der Waals surface area (Å²) in [5.41, 5.74) is 4.39. The van der Waals surface area contributed by atoms with E-state index in [-0.39, 0.29) is 29.1 Å². The third-order valence-corrected chi connectivity index (χ3v) is 9.97. The summed E-state index contributed by atoms with van der Waals surface area (Å²) in [6.45, 7) is 19.0. The Balaban J connectivity index is 1.56. The molecule has 8 atom stereocenters. The van der Waals surface area contributed by atoms with Gasteiger partial charge in [0.05, 0.1) is 17.4 Å². The molecule has 4 aliphatic rings. The predicted molar refractivity (Wildman–Crippen MR) is 141 cm³/mol. The van der Waals surface area contributed by atoms with Crippen molar-refractivity contribution in [3.63, 3.8) is 0 Å². The number of anilines is 1. The van der Waals surface area contributed by atoms with Crippen molar-refractivity contribution in [3.8, 4) is 0 Å². The highest BCUT2D eigenvalue weighted by Crippen LogP contribution is 2.73. The lowest BCUT2D eigenvalue weighted by Gasteiger charge is -2.45. The fraction of sp³-hybridized carbons (Fsp3) is 0.548. The number of aliphatic hydroxyl groups is 1. The maximum absolute atomic E-state index is 13.6. The Labute approximate surface area is 214 Å². The zero-order valence-corrected chi connectivity index (χ0v) is 22.5. The molecule has 1 spiro atoms. The van der Waals surface area contributed by atoms with E-state index in [4.69, 9.17) is 11.3 Å². The first-order valence-corrected chi connectivity index (χ1v) is 13.2. The number of hydrogen-bond donors (Lipinski definition) is 2. The van der Waals surface area contributed by atoms with Crippen molar-refractivity contribution in [3.05, 3.63) is 64.8 Å². The van der Waals surface area contributed by atoms with E-state index in [0.717, 1.165) is 28.7 Å². The zero-order valence-electron chi connectivity index (χ0n) is 22.5. The molecule has 192 valence electrons. The first-order chi connectivity index (χ1) is 16.8. The number of rotatable bonds is 3. The average molecular weight is 490 g/mol. The van der Waals surface area contributed by atoms with Crippen LogP contribution in [0.15, 0.2) is 53.6 Å². The van der Waals surface area contributed by atoms with Gasteiger partial charge in [0.15, 0.2) is 0 Å². The van der Waals surface area contributed by atoms with Gasteiger partial charge in [-0.15, -0.1) is 0 Å². The normalized spacial score (nSPS) is 38.0. The number of fused-ring (bicyclic) bond motifs is 3. The van der Waals surface area contributed by atoms with Crippen LogP contribution >= 0.6 is 0 Å². The Kier molecular flexibility index (Phi) is 5.68. The molecule has 5 unspecified atom stereocenters. The minimum absolute atomic E-state index is 0.204. The highest BCUT2D eigenvalue weighted by Gasteiger charge is 2.69. The van der Waals surface area contributed by atoms with Gasteiger partial charge in [0, 0.05) is 24.2 Å². The highest BCUT2D eigenvalue weighted by atomic mass is 16.5. The fourth-order valence-corrected chi connectivity index (χ4v) is 8.08. The molecule has 0 heterocycles. The van der Waals surface area contributed by atoms with E-state index in [1.165, 1.54) is 6.92 Å². The SMILES string of the molecule is C=C1C2C=C(C)C(O)C3C(OC(=O)c4c(C)cccc4NC(C)=O)C(C)=CC13[C@H](C)C[C@@H]1[C@H]2C1(C)C. The number of allylic oxidation sites excluding steroid dienone is 3. The van der Waals surface area contributed by atoms with E-state index >= 15 is 0 Å². The molecule has 0 radical (unpaired) electrons. The van der Waals surface area contributed by atoms with Crippen LogP contribution in [0.2, 0.25) is 0 Å². The minimum Gasteiger partial charge on any atom is -0.454 e. The van der Waals surface area contributed by atoms with Crippen LogP contribution in [0.25, 0.3) is 0 Å². The van der Waals surface area contributed by atoms with Crippen molar-refractivity contribution in [1.82, 2.24) is 0 Å². The largest absolute Gasteiger partial charge is 0.454 e. The summed E-state index contributed by atoms with van der Waals surface area (Å²) >= 11 is 0. The Morgan fingerprint density at radius 1 is 1.14 bits per heavy atom. The molecule has 2 bridgehead atoms. The number of nitrogens with one attached hydrogen (secondary N) is 1. The summed E-state index contributed by atoms with van der Waals surface area (Å²) in [5.74, 6) is 0.537. The van der Waals surface area contributed by atoms with Crippen LogP contribution in [0.5, 0.6) is 0 Å². The van der Waals surface area contributed by atoms with E-state index in [0.29, 0.717) is 23.1 Å². The van der Waals surface area contributed by atoms with E-state index < -0.39 is 23.6 Å². The molecule has 4 aliphatic carbocycles. The van der Waals surface area contributed by atoms with Crippen molar-refractivity contribution in [2.75, 3.05) is 5.32 Å². The molecule has 2 saturated carbocycles. The lowest BCUT2D eigenvalue weighted by atomic mass is 9.60. The smallest absolute Gasteiger partial charge is 0.341 e. The van der Waals surface area contributed by atoms with E-state index in [1.54, 1.807) is 12.1 Å². The molecule has 1 amide bonds. The number of hydrogen-bond acceptors (Lipinski definition) is 4. The van der Waals surface area contributed by atoms with E-state index in [1.807, 2.05) is 26.8 Å². The summed E-state index contributed by atoms with van der Waals surface area (Å²) in [6.07, 6.45) is 4.25. The second kappa shape index (κ2) is 8.17. The molecular formula is C31H39NO4. The van der Waals surface area contributed by atoms with Crippen molar-refractivity contribution < 1.29 is 19.4 Å². The summed E-state index contributed by atoms with van der Waals surface area (Å²) < 4.78 is 6.27. The van der Waals surface area contributed by atoms with Gasteiger partial charge in [0.2, 0.25) is 5.91 Å². The van der Waals surface area contributed by atoms with E-state index in [2.05, 4.69) is 38.2 Å². The molecule has 0 saturated heterocycles. The maximum Gasteiger partial charge on any atom is 0.341 e. The van der Waals surface area contributed by atoms with Crippen LogP contribution in [0.4, 0.5) is 5.69 Å². The molecular weight excluding hydrogens is 450 g/mol.